The Morgan fingerprint density at radius 1 is 1.00 bits per heavy atom. The smallest absolute Gasteiger partial charge is 0.130 e. The summed E-state index contributed by atoms with van der Waals surface area (Å²) in [6.45, 7) is 0.969. The molecule has 3 heteroatoms. The summed E-state index contributed by atoms with van der Waals surface area (Å²) in [5, 5.41) is 14.9. The Bertz CT molecular complexity index is 563. The van der Waals surface area contributed by atoms with E-state index in [1.807, 2.05) is 54.6 Å². The van der Waals surface area contributed by atoms with E-state index in [0.717, 1.165) is 35.0 Å². The second kappa shape index (κ2) is 5.68. The lowest BCUT2D eigenvalue weighted by molar-refractivity contribution is 0.0442. The molecule has 1 aliphatic rings. The third kappa shape index (κ3) is 2.41. The molecule has 1 unspecified atom stereocenters. The monoisotopic (exact) mass is 331 g/mol. The quantitative estimate of drug-likeness (QED) is 0.902. The van der Waals surface area contributed by atoms with Gasteiger partial charge in [-0.2, -0.15) is 0 Å². The van der Waals surface area contributed by atoms with Crippen molar-refractivity contribution in [3.63, 3.8) is 0 Å². The van der Waals surface area contributed by atoms with Crippen LogP contribution < -0.4 is 5.32 Å². The topological polar surface area (TPSA) is 32.3 Å². The lowest BCUT2D eigenvalue weighted by Gasteiger charge is -2.35. The highest BCUT2D eigenvalue weighted by molar-refractivity contribution is 9.10. The van der Waals surface area contributed by atoms with Crippen molar-refractivity contribution in [1.82, 2.24) is 5.32 Å². The van der Waals surface area contributed by atoms with Gasteiger partial charge in [0.15, 0.2) is 0 Å². The van der Waals surface area contributed by atoms with Crippen LogP contribution in [0.1, 0.15) is 24.0 Å². The molecule has 2 nitrogen and oxygen atoms in total. The van der Waals surface area contributed by atoms with Gasteiger partial charge in [0.2, 0.25) is 0 Å². The molecule has 0 aliphatic carbocycles. The Morgan fingerprint density at radius 3 is 2.25 bits per heavy atom. The number of nitrogens with one attached hydrogen (secondary N) is 1. The summed E-state index contributed by atoms with van der Waals surface area (Å²) in [5.41, 5.74) is 0.909. The predicted molar refractivity (Wildman–Crippen MR) is 84.6 cm³/mol. The third-order valence-electron chi connectivity index (χ3n) is 4.06. The highest BCUT2D eigenvalue weighted by Crippen LogP contribution is 2.36. The summed E-state index contributed by atoms with van der Waals surface area (Å²) in [6, 6.07) is 18.0. The molecule has 0 spiro atoms. The molecule has 0 aromatic heterocycles. The fraction of sp³-hybridized carbons (Fsp3) is 0.294. The molecular formula is C17H18BrNO. The van der Waals surface area contributed by atoms with Gasteiger partial charge in [0.05, 0.1) is 0 Å². The number of hydrogen-bond acceptors (Lipinski definition) is 2. The molecule has 104 valence electrons. The van der Waals surface area contributed by atoms with Crippen molar-refractivity contribution in [2.45, 2.75) is 24.5 Å². The molecule has 0 saturated carbocycles. The van der Waals surface area contributed by atoms with Crippen LogP contribution in [0.5, 0.6) is 0 Å². The van der Waals surface area contributed by atoms with Crippen molar-refractivity contribution >= 4 is 15.9 Å². The average Bonchev–Trinajstić information content (AvgIpc) is 3.03. The summed E-state index contributed by atoms with van der Waals surface area (Å²) in [4.78, 5) is 0. The summed E-state index contributed by atoms with van der Waals surface area (Å²) in [7, 11) is 0. The molecule has 0 bridgehead atoms. The normalized spacial score (nSPS) is 21.6. The Balaban J connectivity index is 2.10. The second-order valence-electron chi connectivity index (χ2n) is 5.29. The van der Waals surface area contributed by atoms with E-state index in [9.17, 15) is 5.11 Å². The van der Waals surface area contributed by atoms with Crippen LogP contribution in [0.4, 0.5) is 0 Å². The minimum atomic E-state index is -0.974. The standard InChI is InChI=1S/C17H18BrNO/c18-15-10-8-14(9-11-15)17(20,16-7-4-12-19-16)13-5-2-1-3-6-13/h1-3,5-6,8-11,16,19-20H,4,7,12H2/t16-,17?/m0/s1. The zero-order chi connectivity index (χ0) is 14.0. The summed E-state index contributed by atoms with van der Waals surface area (Å²) < 4.78 is 1.02. The molecule has 1 fully saturated rings. The van der Waals surface area contributed by atoms with Gasteiger partial charge in [-0.1, -0.05) is 58.4 Å². The first kappa shape index (κ1) is 13.8. The van der Waals surface area contributed by atoms with Crippen LogP contribution in [0.2, 0.25) is 0 Å². The van der Waals surface area contributed by atoms with Crippen molar-refractivity contribution in [1.29, 1.82) is 0 Å². The van der Waals surface area contributed by atoms with E-state index in [1.54, 1.807) is 0 Å². The van der Waals surface area contributed by atoms with Crippen LogP contribution in [0, 0.1) is 0 Å². The highest BCUT2D eigenvalue weighted by Gasteiger charge is 2.41. The number of rotatable bonds is 3. The van der Waals surface area contributed by atoms with Gasteiger partial charge in [0.1, 0.15) is 5.60 Å². The van der Waals surface area contributed by atoms with E-state index in [4.69, 9.17) is 0 Å². The maximum atomic E-state index is 11.5. The summed E-state index contributed by atoms with van der Waals surface area (Å²) >= 11 is 3.45. The minimum Gasteiger partial charge on any atom is -0.379 e. The summed E-state index contributed by atoms with van der Waals surface area (Å²) in [6.07, 6.45) is 2.10. The number of aliphatic hydroxyl groups is 1. The lowest BCUT2D eigenvalue weighted by atomic mass is 9.79. The average molecular weight is 332 g/mol. The molecule has 2 N–H and O–H groups in total. The largest absolute Gasteiger partial charge is 0.379 e. The predicted octanol–water partition coefficient (Wildman–Crippen LogP) is 3.44. The first-order chi connectivity index (χ1) is 9.71. The van der Waals surface area contributed by atoms with Crippen LogP contribution in [-0.4, -0.2) is 17.7 Å². The Hall–Kier alpha value is -1.16. The maximum absolute atomic E-state index is 11.5. The van der Waals surface area contributed by atoms with Gasteiger partial charge in [-0.05, 0) is 42.6 Å². The van der Waals surface area contributed by atoms with Gasteiger partial charge in [-0.25, -0.2) is 0 Å². The Morgan fingerprint density at radius 2 is 1.65 bits per heavy atom. The van der Waals surface area contributed by atoms with Crippen molar-refractivity contribution in [2.24, 2.45) is 0 Å². The molecule has 0 radical (unpaired) electrons. The van der Waals surface area contributed by atoms with E-state index in [1.165, 1.54) is 0 Å². The molecule has 0 amide bonds. The van der Waals surface area contributed by atoms with E-state index < -0.39 is 5.60 Å². The zero-order valence-corrected chi connectivity index (χ0v) is 12.8. The molecular weight excluding hydrogens is 314 g/mol. The second-order valence-corrected chi connectivity index (χ2v) is 6.20. The molecule has 2 atom stereocenters. The maximum Gasteiger partial charge on any atom is 0.130 e. The van der Waals surface area contributed by atoms with Gasteiger partial charge in [-0.3, -0.25) is 0 Å². The van der Waals surface area contributed by atoms with E-state index in [0.29, 0.717) is 0 Å². The van der Waals surface area contributed by atoms with Gasteiger partial charge >= 0.3 is 0 Å². The first-order valence-electron chi connectivity index (χ1n) is 6.98. The van der Waals surface area contributed by atoms with Crippen LogP contribution in [0.15, 0.2) is 59.1 Å². The highest BCUT2D eigenvalue weighted by atomic mass is 79.9. The molecule has 20 heavy (non-hydrogen) atoms. The van der Waals surface area contributed by atoms with Crippen LogP contribution in [-0.2, 0) is 5.60 Å². The van der Waals surface area contributed by atoms with E-state index >= 15 is 0 Å². The molecule has 1 aliphatic heterocycles. The van der Waals surface area contributed by atoms with Gasteiger partial charge in [0, 0.05) is 10.5 Å². The number of hydrogen-bond donors (Lipinski definition) is 2. The fourth-order valence-corrected chi connectivity index (χ4v) is 3.27. The molecule has 2 aromatic carbocycles. The Kier molecular flexibility index (Phi) is 3.92. The van der Waals surface area contributed by atoms with Gasteiger partial charge in [-0.15, -0.1) is 0 Å². The zero-order valence-electron chi connectivity index (χ0n) is 11.2. The number of benzene rings is 2. The third-order valence-corrected chi connectivity index (χ3v) is 4.59. The van der Waals surface area contributed by atoms with Crippen molar-refractivity contribution < 1.29 is 5.11 Å². The molecule has 3 rings (SSSR count). The van der Waals surface area contributed by atoms with Crippen LogP contribution >= 0.6 is 15.9 Å². The summed E-state index contributed by atoms with van der Waals surface area (Å²) in [5.74, 6) is 0. The SMILES string of the molecule is OC(c1ccccc1)(c1ccc(Br)cc1)[C@@H]1CCCN1. The van der Waals surface area contributed by atoms with Crippen LogP contribution in [0.25, 0.3) is 0 Å². The van der Waals surface area contributed by atoms with Gasteiger partial charge in [0.25, 0.3) is 0 Å². The first-order valence-corrected chi connectivity index (χ1v) is 7.78. The Labute approximate surface area is 128 Å². The molecule has 2 aromatic rings. The fourth-order valence-electron chi connectivity index (χ4n) is 3.01. The van der Waals surface area contributed by atoms with Crippen LogP contribution in [0.3, 0.4) is 0 Å². The lowest BCUT2D eigenvalue weighted by Crippen LogP contribution is -2.46. The van der Waals surface area contributed by atoms with Gasteiger partial charge < -0.3 is 10.4 Å². The van der Waals surface area contributed by atoms with Crippen molar-refractivity contribution in [3.8, 4) is 0 Å². The van der Waals surface area contributed by atoms with E-state index in [-0.39, 0.29) is 6.04 Å². The van der Waals surface area contributed by atoms with Crippen molar-refractivity contribution in [2.75, 3.05) is 6.54 Å². The minimum absolute atomic E-state index is 0.0612. The number of halogens is 1. The molecule has 1 heterocycles. The van der Waals surface area contributed by atoms with E-state index in [2.05, 4.69) is 21.2 Å². The molecule has 1 saturated heterocycles. The van der Waals surface area contributed by atoms with Crippen molar-refractivity contribution in [3.05, 3.63) is 70.2 Å².